The number of benzene rings is 2. The fraction of sp³-hybridized carbons (Fsp3) is 0.111. The fourth-order valence-electron chi connectivity index (χ4n) is 2.73. The molecule has 0 spiro atoms. The Labute approximate surface area is 159 Å². The SMILES string of the molecule is COc1ccc(-c2cc(-c3nc4cc(Br)c(C(F)(F)F)cc4[nH]3)[nH]n2)cc1. The van der Waals surface area contributed by atoms with Gasteiger partial charge in [-0.25, -0.2) is 4.98 Å². The molecular weight excluding hydrogens is 425 g/mol. The third-order valence-electron chi connectivity index (χ3n) is 4.09. The molecule has 0 saturated heterocycles. The van der Waals surface area contributed by atoms with Gasteiger partial charge in [-0.15, -0.1) is 0 Å². The molecule has 0 bridgehead atoms. The van der Waals surface area contributed by atoms with E-state index < -0.39 is 11.7 Å². The van der Waals surface area contributed by atoms with Crippen LogP contribution in [0.25, 0.3) is 33.8 Å². The van der Waals surface area contributed by atoms with Gasteiger partial charge in [0, 0.05) is 10.0 Å². The Bertz CT molecular complexity index is 1120. The van der Waals surface area contributed by atoms with E-state index in [1.54, 1.807) is 13.2 Å². The highest BCUT2D eigenvalue weighted by molar-refractivity contribution is 9.10. The van der Waals surface area contributed by atoms with Gasteiger partial charge in [-0.1, -0.05) is 15.9 Å². The quantitative estimate of drug-likeness (QED) is 0.451. The first kappa shape index (κ1) is 17.6. The Balaban J connectivity index is 1.71. The molecule has 0 unspecified atom stereocenters. The van der Waals surface area contributed by atoms with Gasteiger partial charge in [0.05, 0.1) is 29.4 Å². The summed E-state index contributed by atoms with van der Waals surface area (Å²) < 4.78 is 44.3. The number of ether oxygens (including phenoxy) is 1. The van der Waals surface area contributed by atoms with Crippen LogP contribution in [0.5, 0.6) is 5.75 Å². The number of H-pyrrole nitrogens is 2. The summed E-state index contributed by atoms with van der Waals surface area (Å²) in [5.41, 5.74) is 2.09. The largest absolute Gasteiger partial charge is 0.497 e. The van der Waals surface area contributed by atoms with Crippen LogP contribution in [0.15, 0.2) is 46.9 Å². The zero-order valence-electron chi connectivity index (χ0n) is 13.9. The molecule has 2 heterocycles. The van der Waals surface area contributed by atoms with Gasteiger partial charge in [-0.3, -0.25) is 5.10 Å². The van der Waals surface area contributed by atoms with Crippen LogP contribution in [0.1, 0.15) is 5.56 Å². The number of aromatic amines is 2. The van der Waals surface area contributed by atoms with Gasteiger partial charge in [0.15, 0.2) is 5.82 Å². The molecule has 4 rings (SSSR count). The molecule has 0 radical (unpaired) electrons. The lowest BCUT2D eigenvalue weighted by molar-refractivity contribution is -0.138. The van der Waals surface area contributed by atoms with Gasteiger partial charge in [-0.2, -0.15) is 18.3 Å². The molecule has 0 aliphatic heterocycles. The topological polar surface area (TPSA) is 66.6 Å². The van der Waals surface area contributed by atoms with E-state index in [9.17, 15) is 13.2 Å². The maximum Gasteiger partial charge on any atom is 0.417 e. The Hall–Kier alpha value is -2.81. The van der Waals surface area contributed by atoms with Gasteiger partial charge in [0.25, 0.3) is 0 Å². The second-order valence-corrected chi connectivity index (χ2v) is 6.68. The number of imidazole rings is 1. The van der Waals surface area contributed by atoms with E-state index in [-0.39, 0.29) is 4.47 Å². The van der Waals surface area contributed by atoms with Gasteiger partial charge in [0.2, 0.25) is 0 Å². The van der Waals surface area contributed by atoms with Crippen LogP contribution < -0.4 is 4.74 Å². The maximum absolute atomic E-state index is 13.1. The molecular formula is C18H12BrF3N4O. The lowest BCUT2D eigenvalue weighted by atomic mass is 10.1. The number of alkyl halides is 3. The maximum atomic E-state index is 13.1. The predicted molar refractivity (Wildman–Crippen MR) is 98.4 cm³/mol. The summed E-state index contributed by atoms with van der Waals surface area (Å²) in [6.45, 7) is 0. The van der Waals surface area contributed by atoms with Crippen molar-refractivity contribution in [2.45, 2.75) is 6.18 Å². The highest BCUT2D eigenvalue weighted by Gasteiger charge is 2.33. The van der Waals surface area contributed by atoms with Crippen molar-refractivity contribution >= 4 is 27.0 Å². The first-order chi connectivity index (χ1) is 12.8. The number of fused-ring (bicyclic) bond motifs is 1. The number of rotatable bonds is 3. The zero-order chi connectivity index (χ0) is 19.2. The molecule has 0 fully saturated rings. The normalized spacial score (nSPS) is 11.9. The van der Waals surface area contributed by atoms with Crippen molar-refractivity contribution in [1.82, 2.24) is 20.2 Å². The van der Waals surface area contributed by atoms with Crippen molar-refractivity contribution in [3.05, 3.63) is 52.5 Å². The van der Waals surface area contributed by atoms with Crippen molar-refractivity contribution in [3.8, 4) is 28.5 Å². The van der Waals surface area contributed by atoms with E-state index >= 15 is 0 Å². The molecule has 27 heavy (non-hydrogen) atoms. The van der Waals surface area contributed by atoms with Gasteiger partial charge in [-0.05, 0) is 42.5 Å². The molecule has 2 N–H and O–H groups in total. The minimum Gasteiger partial charge on any atom is -0.497 e. The minimum atomic E-state index is -4.45. The highest BCUT2D eigenvalue weighted by Crippen LogP contribution is 2.37. The van der Waals surface area contributed by atoms with Crippen LogP contribution in [0.2, 0.25) is 0 Å². The van der Waals surface area contributed by atoms with Crippen molar-refractivity contribution in [1.29, 1.82) is 0 Å². The zero-order valence-corrected chi connectivity index (χ0v) is 15.4. The average Bonchev–Trinajstić information content (AvgIpc) is 3.26. The first-order valence-electron chi connectivity index (χ1n) is 7.82. The molecule has 4 aromatic rings. The molecule has 9 heteroatoms. The minimum absolute atomic E-state index is 0.0518. The predicted octanol–water partition coefficient (Wildman–Crippen LogP) is 5.41. The Morgan fingerprint density at radius 3 is 2.48 bits per heavy atom. The number of nitrogens with zero attached hydrogens (tertiary/aromatic N) is 2. The van der Waals surface area contributed by atoms with Gasteiger partial charge >= 0.3 is 6.18 Å². The second kappa shape index (κ2) is 6.41. The molecule has 2 aromatic heterocycles. The third-order valence-corrected chi connectivity index (χ3v) is 4.75. The third kappa shape index (κ3) is 3.30. The molecule has 138 valence electrons. The van der Waals surface area contributed by atoms with Crippen molar-refractivity contribution < 1.29 is 17.9 Å². The monoisotopic (exact) mass is 436 g/mol. The van der Waals surface area contributed by atoms with E-state index in [0.29, 0.717) is 28.2 Å². The van der Waals surface area contributed by atoms with Crippen molar-refractivity contribution in [2.75, 3.05) is 7.11 Å². The van der Waals surface area contributed by atoms with Crippen LogP contribution in [-0.4, -0.2) is 27.3 Å². The molecule has 0 saturated carbocycles. The van der Waals surface area contributed by atoms with Gasteiger partial charge < -0.3 is 9.72 Å². The molecule has 0 aliphatic rings. The number of halogens is 4. The number of methoxy groups -OCH3 is 1. The number of aromatic nitrogens is 4. The van der Waals surface area contributed by atoms with Crippen molar-refractivity contribution in [3.63, 3.8) is 0 Å². The summed E-state index contributed by atoms with van der Waals surface area (Å²) >= 11 is 2.96. The summed E-state index contributed by atoms with van der Waals surface area (Å²) in [5.74, 6) is 1.14. The van der Waals surface area contributed by atoms with Gasteiger partial charge in [0.1, 0.15) is 11.4 Å². The number of nitrogens with one attached hydrogen (secondary N) is 2. The molecule has 0 aliphatic carbocycles. The van der Waals surface area contributed by atoms with E-state index in [2.05, 4.69) is 36.1 Å². The van der Waals surface area contributed by atoms with E-state index in [4.69, 9.17) is 4.74 Å². The fourth-order valence-corrected chi connectivity index (χ4v) is 3.28. The molecule has 2 aromatic carbocycles. The van der Waals surface area contributed by atoms with Crippen LogP contribution in [0, 0.1) is 0 Å². The summed E-state index contributed by atoms with van der Waals surface area (Å²) in [4.78, 5) is 7.27. The summed E-state index contributed by atoms with van der Waals surface area (Å²) in [6, 6.07) is 11.5. The van der Waals surface area contributed by atoms with Crippen LogP contribution >= 0.6 is 15.9 Å². The summed E-state index contributed by atoms with van der Waals surface area (Å²) in [7, 11) is 1.59. The van der Waals surface area contributed by atoms with Crippen LogP contribution in [0.4, 0.5) is 13.2 Å². The lowest BCUT2D eigenvalue weighted by Crippen LogP contribution is -2.05. The van der Waals surface area contributed by atoms with Crippen molar-refractivity contribution in [2.24, 2.45) is 0 Å². The van der Waals surface area contributed by atoms with Crippen LogP contribution in [-0.2, 0) is 6.18 Å². The standard InChI is InChI=1S/C18H12BrF3N4O/c1-27-10-4-2-9(3-5-10)13-8-16(26-25-13)17-23-14-6-11(18(20,21)22)12(19)7-15(14)24-17/h2-8H,1H3,(H,23,24)(H,25,26). The molecule has 0 amide bonds. The second-order valence-electron chi connectivity index (χ2n) is 5.83. The average molecular weight is 437 g/mol. The molecule has 0 atom stereocenters. The van der Waals surface area contributed by atoms with E-state index in [1.807, 2.05) is 24.3 Å². The van der Waals surface area contributed by atoms with Crippen LogP contribution in [0.3, 0.4) is 0 Å². The number of hydrogen-bond acceptors (Lipinski definition) is 3. The smallest absolute Gasteiger partial charge is 0.417 e. The Kier molecular flexibility index (Phi) is 4.18. The lowest BCUT2D eigenvalue weighted by Gasteiger charge is -2.08. The Morgan fingerprint density at radius 1 is 1.07 bits per heavy atom. The molecule has 5 nitrogen and oxygen atoms in total. The van der Waals surface area contributed by atoms with E-state index in [1.165, 1.54) is 6.07 Å². The Morgan fingerprint density at radius 2 is 1.81 bits per heavy atom. The summed E-state index contributed by atoms with van der Waals surface area (Å²) in [6.07, 6.45) is -4.45. The highest BCUT2D eigenvalue weighted by atomic mass is 79.9. The number of hydrogen-bond donors (Lipinski definition) is 2. The first-order valence-corrected chi connectivity index (χ1v) is 8.61. The summed E-state index contributed by atoms with van der Waals surface area (Å²) in [5, 5.41) is 7.11. The van der Waals surface area contributed by atoms with E-state index in [0.717, 1.165) is 17.4 Å².